The second-order valence-corrected chi connectivity index (χ2v) is 6.96. The van der Waals surface area contributed by atoms with Crippen LogP contribution < -0.4 is 5.32 Å². The fraction of sp³-hybridized carbons (Fsp3) is 0.667. The Labute approximate surface area is 118 Å². The third kappa shape index (κ3) is 2.32. The zero-order chi connectivity index (χ0) is 13.5. The maximum absolute atomic E-state index is 12.2. The van der Waals surface area contributed by atoms with E-state index < -0.39 is 5.60 Å². The van der Waals surface area contributed by atoms with Crippen molar-refractivity contribution in [3.05, 3.63) is 16.0 Å². The molecule has 0 bridgehead atoms. The summed E-state index contributed by atoms with van der Waals surface area (Å²) in [6, 6.07) is 0. The molecule has 1 heterocycles. The van der Waals surface area contributed by atoms with Crippen molar-refractivity contribution in [3.63, 3.8) is 0 Å². The molecule has 104 valence electrons. The van der Waals surface area contributed by atoms with Crippen LogP contribution in [0, 0.1) is 6.92 Å². The SMILES string of the molecule is Cc1c(NC(=O)C2(O)CCCC2)sc2c1CCCC2. The van der Waals surface area contributed by atoms with Crippen molar-refractivity contribution in [3.8, 4) is 0 Å². The maximum atomic E-state index is 12.2. The molecule has 1 saturated carbocycles. The third-order valence-electron chi connectivity index (χ3n) is 4.52. The number of amides is 1. The number of fused-ring (bicyclic) bond motifs is 1. The van der Waals surface area contributed by atoms with Crippen LogP contribution in [0.3, 0.4) is 0 Å². The van der Waals surface area contributed by atoms with E-state index in [0.29, 0.717) is 12.8 Å². The van der Waals surface area contributed by atoms with Crippen LogP contribution in [0.2, 0.25) is 0 Å². The molecule has 2 aliphatic carbocycles. The van der Waals surface area contributed by atoms with Crippen LogP contribution in [-0.4, -0.2) is 16.6 Å². The van der Waals surface area contributed by atoms with Gasteiger partial charge in [-0.25, -0.2) is 0 Å². The molecule has 19 heavy (non-hydrogen) atoms. The van der Waals surface area contributed by atoms with Crippen LogP contribution in [0.25, 0.3) is 0 Å². The second kappa shape index (κ2) is 4.91. The highest BCUT2D eigenvalue weighted by Crippen LogP contribution is 2.38. The van der Waals surface area contributed by atoms with Crippen LogP contribution in [0.1, 0.15) is 54.5 Å². The highest BCUT2D eigenvalue weighted by Gasteiger charge is 2.39. The van der Waals surface area contributed by atoms with Gasteiger partial charge in [0.15, 0.2) is 0 Å². The summed E-state index contributed by atoms with van der Waals surface area (Å²) in [5, 5.41) is 14.2. The fourth-order valence-electron chi connectivity index (χ4n) is 3.25. The lowest BCUT2D eigenvalue weighted by Gasteiger charge is -2.20. The lowest BCUT2D eigenvalue weighted by atomic mass is 9.96. The van der Waals surface area contributed by atoms with Crippen molar-refractivity contribution in [2.45, 2.75) is 63.9 Å². The minimum Gasteiger partial charge on any atom is -0.380 e. The summed E-state index contributed by atoms with van der Waals surface area (Å²) >= 11 is 1.70. The Morgan fingerprint density at radius 2 is 1.89 bits per heavy atom. The van der Waals surface area contributed by atoms with E-state index >= 15 is 0 Å². The Hall–Kier alpha value is -0.870. The summed E-state index contributed by atoms with van der Waals surface area (Å²) < 4.78 is 0. The Balaban J connectivity index is 1.80. The molecule has 1 amide bonds. The number of hydrogen-bond donors (Lipinski definition) is 2. The summed E-state index contributed by atoms with van der Waals surface area (Å²) in [6.07, 6.45) is 7.88. The summed E-state index contributed by atoms with van der Waals surface area (Å²) in [5.74, 6) is -0.202. The van der Waals surface area contributed by atoms with Gasteiger partial charge in [-0.3, -0.25) is 4.79 Å². The predicted octanol–water partition coefficient (Wildman–Crippen LogP) is 3.18. The standard InChI is InChI=1S/C15H21NO2S/c1-10-11-6-2-3-7-12(11)19-13(10)16-14(17)15(18)8-4-5-9-15/h18H,2-9H2,1H3,(H,16,17). The van der Waals surface area contributed by atoms with Gasteiger partial charge in [0, 0.05) is 4.88 Å². The Kier molecular flexibility index (Phi) is 3.39. The molecule has 1 fully saturated rings. The van der Waals surface area contributed by atoms with Gasteiger partial charge in [-0.2, -0.15) is 0 Å². The lowest BCUT2D eigenvalue weighted by molar-refractivity contribution is -0.133. The van der Waals surface area contributed by atoms with Gasteiger partial charge >= 0.3 is 0 Å². The Morgan fingerprint density at radius 3 is 2.58 bits per heavy atom. The number of rotatable bonds is 2. The van der Waals surface area contributed by atoms with E-state index in [-0.39, 0.29) is 5.91 Å². The molecule has 0 aromatic carbocycles. The molecule has 0 atom stereocenters. The van der Waals surface area contributed by atoms with Crippen LogP contribution in [0.5, 0.6) is 0 Å². The average Bonchev–Trinajstić information content (AvgIpc) is 2.97. The van der Waals surface area contributed by atoms with E-state index in [1.165, 1.54) is 28.8 Å². The molecule has 4 heteroatoms. The van der Waals surface area contributed by atoms with Crippen LogP contribution in [0.4, 0.5) is 5.00 Å². The van der Waals surface area contributed by atoms with Gasteiger partial charge in [0.25, 0.3) is 5.91 Å². The molecular formula is C15H21NO2S. The number of carbonyl (C=O) groups excluding carboxylic acids is 1. The van der Waals surface area contributed by atoms with E-state index in [9.17, 15) is 9.90 Å². The molecule has 0 saturated heterocycles. The number of anilines is 1. The summed E-state index contributed by atoms with van der Waals surface area (Å²) in [4.78, 5) is 13.7. The second-order valence-electron chi connectivity index (χ2n) is 5.86. The molecule has 0 unspecified atom stereocenters. The van der Waals surface area contributed by atoms with Crippen molar-refractivity contribution >= 4 is 22.2 Å². The number of aliphatic hydroxyl groups is 1. The monoisotopic (exact) mass is 279 g/mol. The molecule has 2 aliphatic rings. The van der Waals surface area contributed by atoms with E-state index in [1.807, 2.05) is 0 Å². The zero-order valence-electron chi connectivity index (χ0n) is 11.4. The number of aryl methyl sites for hydroxylation is 1. The van der Waals surface area contributed by atoms with Crippen molar-refractivity contribution in [1.29, 1.82) is 0 Å². The summed E-state index contributed by atoms with van der Waals surface area (Å²) in [5.41, 5.74) is 1.52. The van der Waals surface area contributed by atoms with Crippen molar-refractivity contribution in [2.75, 3.05) is 5.32 Å². The van der Waals surface area contributed by atoms with E-state index in [4.69, 9.17) is 0 Å². The Bertz CT molecular complexity index is 500. The first kappa shape index (κ1) is 13.1. The van der Waals surface area contributed by atoms with Crippen molar-refractivity contribution < 1.29 is 9.90 Å². The quantitative estimate of drug-likeness (QED) is 0.873. The molecule has 1 aromatic heterocycles. The van der Waals surface area contributed by atoms with Crippen molar-refractivity contribution in [2.24, 2.45) is 0 Å². The van der Waals surface area contributed by atoms with Crippen LogP contribution in [-0.2, 0) is 17.6 Å². The van der Waals surface area contributed by atoms with Gasteiger partial charge < -0.3 is 10.4 Å². The zero-order valence-corrected chi connectivity index (χ0v) is 12.2. The minimum atomic E-state index is -1.13. The number of carbonyl (C=O) groups is 1. The minimum absolute atomic E-state index is 0.202. The summed E-state index contributed by atoms with van der Waals surface area (Å²) in [6.45, 7) is 2.09. The topological polar surface area (TPSA) is 49.3 Å². The van der Waals surface area contributed by atoms with Gasteiger partial charge in [0.1, 0.15) is 5.60 Å². The van der Waals surface area contributed by atoms with Gasteiger partial charge in [0.2, 0.25) is 0 Å². The predicted molar refractivity (Wildman–Crippen MR) is 77.7 cm³/mol. The first-order chi connectivity index (χ1) is 9.10. The van der Waals surface area contributed by atoms with Gasteiger partial charge in [0.05, 0.1) is 5.00 Å². The normalized spacial score (nSPS) is 21.2. The van der Waals surface area contributed by atoms with Crippen molar-refractivity contribution in [1.82, 2.24) is 0 Å². The van der Waals surface area contributed by atoms with E-state index in [1.54, 1.807) is 11.3 Å². The number of thiophene rings is 1. The molecule has 2 N–H and O–H groups in total. The largest absolute Gasteiger partial charge is 0.380 e. The van der Waals surface area contributed by atoms with Crippen LogP contribution in [0.15, 0.2) is 0 Å². The first-order valence-electron chi connectivity index (χ1n) is 7.25. The fourth-order valence-corrected chi connectivity index (χ4v) is 4.54. The summed E-state index contributed by atoms with van der Waals surface area (Å²) in [7, 11) is 0. The van der Waals surface area contributed by atoms with Gasteiger partial charge in [-0.15, -0.1) is 11.3 Å². The van der Waals surface area contributed by atoms with Gasteiger partial charge in [-0.05, 0) is 69.4 Å². The van der Waals surface area contributed by atoms with E-state index in [2.05, 4.69) is 12.2 Å². The van der Waals surface area contributed by atoms with E-state index in [0.717, 1.165) is 30.7 Å². The van der Waals surface area contributed by atoms with Gasteiger partial charge in [-0.1, -0.05) is 0 Å². The number of hydrogen-bond acceptors (Lipinski definition) is 3. The third-order valence-corrected chi connectivity index (χ3v) is 5.83. The lowest BCUT2D eigenvalue weighted by Crippen LogP contribution is -2.40. The molecule has 3 nitrogen and oxygen atoms in total. The molecule has 1 aromatic rings. The smallest absolute Gasteiger partial charge is 0.256 e. The highest BCUT2D eigenvalue weighted by molar-refractivity contribution is 7.16. The molecule has 0 radical (unpaired) electrons. The number of nitrogens with one attached hydrogen (secondary N) is 1. The van der Waals surface area contributed by atoms with Crippen LogP contribution >= 0.6 is 11.3 Å². The molecule has 0 spiro atoms. The average molecular weight is 279 g/mol. The molecule has 3 rings (SSSR count). The first-order valence-corrected chi connectivity index (χ1v) is 8.07. The molecular weight excluding hydrogens is 258 g/mol. The highest BCUT2D eigenvalue weighted by atomic mass is 32.1. The molecule has 0 aliphatic heterocycles. The maximum Gasteiger partial charge on any atom is 0.256 e. The Morgan fingerprint density at radius 1 is 1.21 bits per heavy atom.